The molecule has 0 amide bonds. The largest absolute Gasteiger partial charge is 0.390 e. The van der Waals surface area contributed by atoms with Crippen molar-refractivity contribution in [3.05, 3.63) is 23.6 Å². The number of fused-ring (bicyclic) bond motifs is 1. The minimum atomic E-state index is -0.516. The van der Waals surface area contributed by atoms with Crippen molar-refractivity contribution in [1.82, 2.24) is 4.37 Å². The molecule has 0 fully saturated rings. The van der Waals surface area contributed by atoms with Crippen LogP contribution in [-0.4, -0.2) is 28.0 Å². The first-order valence-electron chi connectivity index (χ1n) is 4.61. The van der Waals surface area contributed by atoms with Gasteiger partial charge in [0.15, 0.2) is 0 Å². The zero-order valence-electron chi connectivity index (χ0n) is 7.98. The highest BCUT2D eigenvalue weighted by molar-refractivity contribution is 7.04. The molecule has 0 saturated carbocycles. The van der Waals surface area contributed by atoms with Gasteiger partial charge in [-0.3, -0.25) is 0 Å². The number of hydrogen-bond donors (Lipinski definition) is 2. The molecule has 0 spiro atoms. The van der Waals surface area contributed by atoms with Gasteiger partial charge in [-0.1, -0.05) is 0 Å². The molecule has 0 aliphatic rings. The van der Waals surface area contributed by atoms with E-state index in [1.807, 2.05) is 23.6 Å². The third-order valence-electron chi connectivity index (χ3n) is 2.08. The van der Waals surface area contributed by atoms with E-state index in [2.05, 4.69) is 9.69 Å². The molecule has 2 N–H and O–H groups in total. The van der Waals surface area contributed by atoms with Gasteiger partial charge in [-0.05, 0) is 29.7 Å². The molecule has 5 heteroatoms. The van der Waals surface area contributed by atoms with E-state index >= 15 is 0 Å². The summed E-state index contributed by atoms with van der Waals surface area (Å²) in [6.07, 6.45) is -0.516. The van der Waals surface area contributed by atoms with Crippen LogP contribution in [0.25, 0.3) is 10.9 Å². The van der Waals surface area contributed by atoms with E-state index in [-0.39, 0.29) is 5.88 Å². The topological polar surface area (TPSA) is 45.1 Å². The van der Waals surface area contributed by atoms with Crippen LogP contribution in [0.4, 0.5) is 5.69 Å². The predicted molar refractivity (Wildman–Crippen MR) is 64.8 cm³/mol. The second kappa shape index (κ2) is 4.79. The molecular weight excluding hydrogens is 232 g/mol. The molecule has 1 unspecified atom stereocenters. The molecule has 1 heterocycles. The number of aliphatic hydroxyl groups excluding tert-OH is 1. The van der Waals surface area contributed by atoms with Crippen molar-refractivity contribution in [3.8, 4) is 0 Å². The highest BCUT2D eigenvalue weighted by Crippen LogP contribution is 2.19. The molecule has 1 atom stereocenters. The van der Waals surface area contributed by atoms with Crippen LogP contribution in [0.2, 0.25) is 0 Å². The second-order valence-electron chi connectivity index (χ2n) is 3.28. The van der Waals surface area contributed by atoms with Crippen LogP contribution in [-0.2, 0) is 0 Å². The number of nitrogens with one attached hydrogen (secondary N) is 1. The van der Waals surface area contributed by atoms with Gasteiger partial charge >= 0.3 is 0 Å². The number of hydrogen-bond acceptors (Lipinski definition) is 4. The molecule has 0 aliphatic heterocycles. The number of benzene rings is 1. The molecule has 1 aromatic carbocycles. The Morgan fingerprint density at radius 2 is 2.40 bits per heavy atom. The van der Waals surface area contributed by atoms with Crippen molar-refractivity contribution in [2.45, 2.75) is 6.10 Å². The third kappa shape index (κ3) is 2.59. The molecule has 80 valence electrons. The van der Waals surface area contributed by atoms with E-state index in [9.17, 15) is 5.11 Å². The molecule has 0 saturated heterocycles. The fourth-order valence-electron chi connectivity index (χ4n) is 1.26. The Bertz CT molecular complexity index is 446. The lowest BCUT2D eigenvalue weighted by Gasteiger charge is -2.09. The Morgan fingerprint density at radius 1 is 1.53 bits per heavy atom. The van der Waals surface area contributed by atoms with Crippen LogP contribution in [0, 0.1) is 0 Å². The Morgan fingerprint density at radius 3 is 3.20 bits per heavy atom. The van der Waals surface area contributed by atoms with E-state index < -0.39 is 6.10 Å². The molecule has 0 bridgehead atoms. The molecule has 2 aromatic rings. The standard InChI is InChI=1S/C10H11ClN2OS/c11-4-9(14)5-12-8-2-1-7-6-15-13-10(7)3-8/h1-3,6,9,12,14H,4-5H2. The Hall–Kier alpha value is -0.840. The monoisotopic (exact) mass is 242 g/mol. The van der Waals surface area contributed by atoms with Gasteiger partial charge in [0.2, 0.25) is 0 Å². The highest BCUT2D eigenvalue weighted by atomic mass is 35.5. The predicted octanol–water partition coefficient (Wildman–Crippen LogP) is 2.31. The van der Waals surface area contributed by atoms with E-state index in [1.54, 1.807) is 0 Å². The summed E-state index contributed by atoms with van der Waals surface area (Å²) in [6, 6.07) is 5.94. The van der Waals surface area contributed by atoms with Crippen LogP contribution in [0.1, 0.15) is 0 Å². The van der Waals surface area contributed by atoms with Crippen molar-refractivity contribution in [1.29, 1.82) is 0 Å². The molecule has 0 aliphatic carbocycles. The lowest BCUT2D eigenvalue weighted by atomic mass is 10.2. The quantitative estimate of drug-likeness (QED) is 0.809. The van der Waals surface area contributed by atoms with E-state index in [1.165, 1.54) is 11.5 Å². The van der Waals surface area contributed by atoms with Crippen molar-refractivity contribution in [2.75, 3.05) is 17.7 Å². The number of rotatable bonds is 4. The summed E-state index contributed by atoms with van der Waals surface area (Å²) in [7, 11) is 0. The number of anilines is 1. The van der Waals surface area contributed by atoms with E-state index in [0.29, 0.717) is 6.54 Å². The summed E-state index contributed by atoms with van der Waals surface area (Å²) < 4.78 is 4.24. The van der Waals surface area contributed by atoms with Crippen LogP contribution >= 0.6 is 23.1 Å². The Kier molecular flexibility index (Phi) is 3.41. The maximum atomic E-state index is 9.28. The van der Waals surface area contributed by atoms with Gasteiger partial charge in [-0.25, -0.2) is 0 Å². The molecular formula is C10H11ClN2OS. The van der Waals surface area contributed by atoms with Gasteiger partial charge in [0.25, 0.3) is 0 Å². The summed E-state index contributed by atoms with van der Waals surface area (Å²) in [6.45, 7) is 0.457. The first-order chi connectivity index (χ1) is 7.29. The zero-order valence-corrected chi connectivity index (χ0v) is 9.55. The second-order valence-corrected chi connectivity index (χ2v) is 4.21. The van der Waals surface area contributed by atoms with Crippen molar-refractivity contribution >= 4 is 39.7 Å². The Balaban J connectivity index is 2.08. The van der Waals surface area contributed by atoms with Gasteiger partial charge < -0.3 is 10.4 Å². The minimum absolute atomic E-state index is 0.242. The minimum Gasteiger partial charge on any atom is -0.390 e. The maximum absolute atomic E-state index is 9.28. The number of nitrogens with zero attached hydrogens (tertiary/aromatic N) is 1. The molecule has 3 nitrogen and oxygen atoms in total. The summed E-state index contributed by atoms with van der Waals surface area (Å²) in [4.78, 5) is 0. The van der Waals surface area contributed by atoms with E-state index in [0.717, 1.165) is 16.6 Å². The Labute approximate surface area is 96.9 Å². The van der Waals surface area contributed by atoms with Crippen molar-refractivity contribution in [3.63, 3.8) is 0 Å². The number of aromatic nitrogens is 1. The van der Waals surface area contributed by atoms with Gasteiger partial charge in [0, 0.05) is 23.0 Å². The number of alkyl halides is 1. The fourth-order valence-corrected chi connectivity index (χ4v) is 2.01. The third-order valence-corrected chi connectivity index (χ3v) is 3.10. The first kappa shape index (κ1) is 10.7. The molecule has 0 radical (unpaired) electrons. The van der Waals surface area contributed by atoms with Crippen molar-refractivity contribution < 1.29 is 5.11 Å². The molecule has 2 rings (SSSR count). The fraction of sp³-hybridized carbons (Fsp3) is 0.300. The van der Waals surface area contributed by atoms with Crippen LogP contribution < -0.4 is 5.32 Å². The highest BCUT2D eigenvalue weighted by Gasteiger charge is 2.02. The van der Waals surface area contributed by atoms with Crippen LogP contribution in [0.15, 0.2) is 23.6 Å². The van der Waals surface area contributed by atoms with Gasteiger partial charge in [-0.15, -0.1) is 11.6 Å². The van der Waals surface area contributed by atoms with Gasteiger partial charge in [0.1, 0.15) is 0 Å². The summed E-state index contributed by atoms with van der Waals surface area (Å²) >= 11 is 6.94. The molecule has 15 heavy (non-hydrogen) atoms. The summed E-state index contributed by atoms with van der Waals surface area (Å²) in [5, 5.41) is 15.5. The maximum Gasteiger partial charge on any atom is 0.0861 e. The van der Waals surface area contributed by atoms with Gasteiger partial charge in [-0.2, -0.15) is 4.37 Å². The average Bonchev–Trinajstić information content (AvgIpc) is 2.72. The lowest BCUT2D eigenvalue weighted by molar-refractivity contribution is 0.211. The molecule has 1 aromatic heterocycles. The first-order valence-corrected chi connectivity index (χ1v) is 5.99. The number of halogens is 1. The van der Waals surface area contributed by atoms with Crippen molar-refractivity contribution in [2.24, 2.45) is 0 Å². The average molecular weight is 243 g/mol. The summed E-state index contributed by atoms with van der Waals surface area (Å²) in [5.41, 5.74) is 1.93. The zero-order chi connectivity index (χ0) is 10.7. The van der Waals surface area contributed by atoms with E-state index in [4.69, 9.17) is 11.6 Å². The smallest absolute Gasteiger partial charge is 0.0861 e. The van der Waals surface area contributed by atoms with Crippen LogP contribution in [0.5, 0.6) is 0 Å². The lowest BCUT2D eigenvalue weighted by Crippen LogP contribution is -2.20. The SMILES string of the molecule is OC(CCl)CNc1ccc2csnc2c1. The number of aliphatic hydroxyl groups is 1. The van der Waals surface area contributed by atoms with Crippen LogP contribution in [0.3, 0.4) is 0 Å². The van der Waals surface area contributed by atoms with Gasteiger partial charge in [0.05, 0.1) is 17.5 Å². The summed E-state index contributed by atoms with van der Waals surface area (Å²) in [5.74, 6) is 0.242. The normalized spacial score (nSPS) is 12.9.